The van der Waals surface area contributed by atoms with E-state index in [-0.39, 0.29) is 17.4 Å². The first kappa shape index (κ1) is 16.4. The van der Waals surface area contributed by atoms with E-state index in [1.807, 2.05) is 0 Å². The summed E-state index contributed by atoms with van der Waals surface area (Å²) in [5.41, 5.74) is 0.820. The Kier molecular flexibility index (Phi) is 6.44. The summed E-state index contributed by atoms with van der Waals surface area (Å²) in [7, 11) is 0. The average Bonchev–Trinajstić information content (AvgIpc) is 2.37. The first-order chi connectivity index (χ1) is 9.40. The van der Waals surface area contributed by atoms with Crippen molar-refractivity contribution in [2.45, 2.75) is 12.1 Å². The Balaban J connectivity index is 2.35. The molecular weight excluding hydrogens is 291 g/mol. The Hall–Kier alpha value is -1.63. The highest BCUT2D eigenvalue weighted by Gasteiger charge is 2.30. The molecule has 0 atom stereocenters. The van der Waals surface area contributed by atoms with Crippen molar-refractivity contribution in [2.24, 2.45) is 0 Å². The average molecular weight is 305 g/mol. The monoisotopic (exact) mass is 305 g/mol. The number of halogens is 3. The van der Waals surface area contributed by atoms with E-state index in [2.05, 4.69) is 16.6 Å². The lowest BCUT2D eigenvalue weighted by Crippen LogP contribution is -2.24. The van der Waals surface area contributed by atoms with Crippen LogP contribution in [0.15, 0.2) is 36.9 Å². The lowest BCUT2D eigenvalue weighted by Gasteiger charge is -2.09. The number of ether oxygens (including phenoxy) is 1. The molecule has 0 saturated heterocycles. The Bertz CT molecular complexity index is 446. The Morgan fingerprint density at radius 3 is 2.55 bits per heavy atom. The van der Waals surface area contributed by atoms with Crippen LogP contribution in [-0.2, 0) is 10.5 Å². The van der Waals surface area contributed by atoms with Crippen molar-refractivity contribution in [3.8, 4) is 5.75 Å². The molecule has 110 valence electrons. The van der Waals surface area contributed by atoms with E-state index < -0.39 is 6.36 Å². The molecule has 20 heavy (non-hydrogen) atoms. The van der Waals surface area contributed by atoms with Crippen LogP contribution in [0.1, 0.15) is 5.56 Å². The van der Waals surface area contributed by atoms with Gasteiger partial charge >= 0.3 is 6.36 Å². The van der Waals surface area contributed by atoms with E-state index in [0.29, 0.717) is 12.3 Å². The van der Waals surface area contributed by atoms with Gasteiger partial charge in [-0.3, -0.25) is 4.79 Å². The van der Waals surface area contributed by atoms with E-state index in [4.69, 9.17) is 0 Å². The van der Waals surface area contributed by atoms with Crippen LogP contribution in [0.25, 0.3) is 0 Å². The molecule has 0 spiro atoms. The van der Waals surface area contributed by atoms with Gasteiger partial charge in [0.05, 0.1) is 5.75 Å². The fraction of sp³-hybridized carbons (Fsp3) is 0.308. The molecule has 0 fully saturated rings. The standard InChI is InChI=1S/C13H14F3NO2S/c1-2-7-17-12(18)9-20-8-10-3-5-11(6-4-10)19-13(14,15)16/h2-6H,1,7-9H2,(H,17,18). The van der Waals surface area contributed by atoms with Crippen LogP contribution < -0.4 is 10.1 Å². The van der Waals surface area contributed by atoms with Crippen LogP contribution in [0, 0.1) is 0 Å². The summed E-state index contributed by atoms with van der Waals surface area (Å²) in [4.78, 5) is 11.3. The number of rotatable bonds is 7. The van der Waals surface area contributed by atoms with Crippen LogP contribution in [0.2, 0.25) is 0 Å². The zero-order valence-corrected chi connectivity index (χ0v) is 11.4. The number of hydrogen-bond donors (Lipinski definition) is 1. The Labute approximate surface area is 119 Å². The van der Waals surface area contributed by atoms with Gasteiger partial charge in [-0.25, -0.2) is 0 Å². The molecule has 0 radical (unpaired) electrons. The van der Waals surface area contributed by atoms with Crippen molar-refractivity contribution in [3.05, 3.63) is 42.5 Å². The van der Waals surface area contributed by atoms with E-state index in [1.165, 1.54) is 36.0 Å². The van der Waals surface area contributed by atoms with Crippen molar-refractivity contribution >= 4 is 17.7 Å². The van der Waals surface area contributed by atoms with Gasteiger partial charge in [-0.05, 0) is 17.7 Å². The molecule has 1 amide bonds. The number of carbonyl (C=O) groups excluding carboxylic acids is 1. The highest BCUT2D eigenvalue weighted by atomic mass is 32.2. The Morgan fingerprint density at radius 1 is 1.35 bits per heavy atom. The van der Waals surface area contributed by atoms with Crippen molar-refractivity contribution in [1.82, 2.24) is 5.32 Å². The predicted molar refractivity (Wildman–Crippen MR) is 72.5 cm³/mol. The van der Waals surface area contributed by atoms with E-state index in [9.17, 15) is 18.0 Å². The third-order valence-corrected chi connectivity index (χ3v) is 3.11. The molecule has 1 aromatic rings. The van der Waals surface area contributed by atoms with Crippen molar-refractivity contribution < 1.29 is 22.7 Å². The smallest absolute Gasteiger partial charge is 0.406 e. The number of amides is 1. The molecule has 0 aromatic heterocycles. The second-order valence-corrected chi connectivity index (χ2v) is 4.76. The maximum Gasteiger partial charge on any atom is 0.573 e. The normalized spacial score (nSPS) is 10.9. The molecule has 0 heterocycles. The van der Waals surface area contributed by atoms with E-state index in [1.54, 1.807) is 6.08 Å². The van der Waals surface area contributed by atoms with Gasteiger partial charge in [-0.15, -0.1) is 31.5 Å². The van der Waals surface area contributed by atoms with Gasteiger partial charge in [0.1, 0.15) is 5.75 Å². The number of carbonyl (C=O) groups is 1. The quantitative estimate of drug-likeness (QED) is 0.787. The van der Waals surface area contributed by atoms with Crippen LogP contribution in [-0.4, -0.2) is 24.6 Å². The van der Waals surface area contributed by atoms with Crippen LogP contribution in [0.3, 0.4) is 0 Å². The van der Waals surface area contributed by atoms with E-state index in [0.717, 1.165) is 5.56 Å². The van der Waals surface area contributed by atoms with Gasteiger partial charge in [-0.2, -0.15) is 0 Å². The highest BCUT2D eigenvalue weighted by molar-refractivity contribution is 7.99. The summed E-state index contributed by atoms with van der Waals surface area (Å²) in [5, 5.41) is 2.63. The maximum absolute atomic E-state index is 12.0. The minimum atomic E-state index is -4.68. The third-order valence-electron chi connectivity index (χ3n) is 2.10. The second kappa shape index (κ2) is 7.84. The maximum atomic E-state index is 12.0. The lowest BCUT2D eigenvalue weighted by atomic mass is 10.2. The molecule has 0 aliphatic carbocycles. The van der Waals surface area contributed by atoms with Gasteiger partial charge in [0, 0.05) is 12.3 Å². The topological polar surface area (TPSA) is 38.3 Å². The SMILES string of the molecule is C=CCNC(=O)CSCc1ccc(OC(F)(F)F)cc1. The first-order valence-electron chi connectivity index (χ1n) is 5.71. The number of alkyl halides is 3. The van der Waals surface area contributed by atoms with Crippen molar-refractivity contribution in [2.75, 3.05) is 12.3 Å². The first-order valence-corrected chi connectivity index (χ1v) is 6.86. The third kappa shape index (κ3) is 7.08. The van der Waals surface area contributed by atoms with Gasteiger partial charge in [0.2, 0.25) is 5.91 Å². The molecule has 3 nitrogen and oxygen atoms in total. The van der Waals surface area contributed by atoms with Crippen LogP contribution in [0.4, 0.5) is 13.2 Å². The molecule has 0 unspecified atom stereocenters. The number of nitrogens with one attached hydrogen (secondary N) is 1. The minimum absolute atomic E-state index is 0.105. The van der Waals surface area contributed by atoms with Gasteiger partial charge in [-0.1, -0.05) is 18.2 Å². The van der Waals surface area contributed by atoms with Gasteiger partial charge in [0.25, 0.3) is 0 Å². The van der Waals surface area contributed by atoms with Gasteiger partial charge in [0.15, 0.2) is 0 Å². The summed E-state index contributed by atoms with van der Waals surface area (Å²) >= 11 is 1.37. The van der Waals surface area contributed by atoms with E-state index >= 15 is 0 Å². The zero-order chi connectivity index (χ0) is 15.0. The Morgan fingerprint density at radius 2 is 2.00 bits per heavy atom. The predicted octanol–water partition coefficient (Wildman–Crippen LogP) is 3.12. The molecule has 0 bridgehead atoms. The fourth-order valence-corrected chi connectivity index (χ4v) is 2.10. The van der Waals surface area contributed by atoms with Gasteiger partial charge < -0.3 is 10.1 Å². The summed E-state index contributed by atoms with van der Waals surface area (Å²) in [6, 6.07) is 5.58. The fourth-order valence-electron chi connectivity index (χ4n) is 1.29. The molecule has 0 saturated carbocycles. The summed E-state index contributed by atoms with van der Waals surface area (Å²) < 4.78 is 39.6. The molecular formula is C13H14F3NO2S. The molecule has 1 rings (SSSR count). The summed E-state index contributed by atoms with van der Waals surface area (Å²) in [5.74, 6) is 0.463. The van der Waals surface area contributed by atoms with Crippen LogP contribution >= 0.6 is 11.8 Å². The van der Waals surface area contributed by atoms with Crippen LogP contribution in [0.5, 0.6) is 5.75 Å². The molecule has 1 N–H and O–H groups in total. The second-order valence-electron chi connectivity index (χ2n) is 3.78. The van der Waals surface area contributed by atoms with Crippen molar-refractivity contribution in [3.63, 3.8) is 0 Å². The number of benzene rings is 1. The van der Waals surface area contributed by atoms with Crippen molar-refractivity contribution in [1.29, 1.82) is 0 Å². The molecule has 0 aliphatic heterocycles. The zero-order valence-electron chi connectivity index (χ0n) is 10.6. The number of hydrogen-bond acceptors (Lipinski definition) is 3. The minimum Gasteiger partial charge on any atom is -0.406 e. The highest BCUT2D eigenvalue weighted by Crippen LogP contribution is 2.23. The summed E-state index contributed by atoms with van der Waals surface area (Å²) in [6.45, 7) is 3.90. The largest absolute Gasteiger partial charge is 0.573 e. The molecule has 1 aromatic carbocycles. The number of thioether (sulfide) groups is 1. The molecule has 0 aliphatic rings. The lowest BCUT2D eigenvalue weighted by molar-refractivity contribution is -0.274. The summed E-state index contributed by atoms with van der Waals surface area (Å²) in [6.07, 6.45) is -3.10. The molecule has 7 heteroatoms.